The van der Waals surface area contributed by atoms with Crippen LogP contribution in [0.4, 0.5) is 4.79 Å². The van der Waals surface area contributed by atoms with Gasteiger partial charge in [-0.1, -0.05) is 0 Å². The first-order chi connectivity index (χ1) is 12.8. The van der Waals surface area contributed by atoms with Gasteiger partial charge in [-0.3, -0.25) is 0 Å². The third kappa shape index (κ3) is 8.89. The van der Waals surface area contributed by atoms with Gasteiger partial charge in [0.15, 0.2) is 0 Å². The molecule has 0 atom stereocenters. The van der Waals surface area contributed by atoms with Crippen LogP contribution in [0.5, 0.6) is 5.75 Å². The maximum absolute atomic E-state index is 12.0. The average molecular weight is 482 g/mol. The van der Waals surface area contributed by atoms with E-state index in [0.717, 1.165) is 0 Å². The summed E-state index contributed by atoms with van der Waals surface area (Å²) in [7, 11) is 0. The molecule has 0 aliphatic carbocycles. The van der Waals surface area contributed by atoms with E-state index in [9.17, 15) is 4.79 Å². The fourth-order valence-electron chi connectivity index (χ4n) is 3.67. The van der Waals surface area contributed by atoms with Crippen LogP contribution < -0.4 is 13.6 Å². The molecule has 0 saturated carbocycles. The van der Waals surface area contributed by atoms with Gasteiger partial charge < -0.3 is 0 Å². The number of amides is 1. The average Bonchev–Trinajstić information content (AvgIpc) is 2.60. The Bertz CT molecular complexity index is 527. The minimum atomic E-state index is -2.39. The van der Waals surface area contributed by atoms with E-state index in [-0.39, 0.29) is 11.6 Å². The predicted octanol–water partition coefficient (Wildman–Crippen LogP) is 6.63. The molecule has 154 valence electrons. The Morgan fingerprint density at radius 3 is 1.70 bits per heavy atom. The van der Waals surface area contributed by atoms with Crippen molar-refractivity contribution in [1.29, 1.82) is 0 Å². The van der Waals surface area contributed by atoms with Gasteiger partial charge in [0, 0.05) is 0 Å². The molecule has 1 aromatic carbocycles. The van der Waals surface area contributed by atoms with E-state index in [4.69, 9.17) is 4.74 Å². The quantitative estimate of drug-likeness (QED) is 0.360. The molecular formula is C23H41NO2Sn. The first kappa shape index (κ1) is 24.3. The predicted molar refractivity (Wildman–Crippen MR) is 120 cm³/mol. The number of ether oxygens (including phenoxy) is 1. The summed E-state index contributed by atoms with van der Waals surface area (Å²) in [5, 5.41) is 2.85. The van der Waals surface area contributed by atoms with Crippen molar-refractivity contribution in [3.8, 4) is 5.75 Å². The van der Waals surface area contributed by atoms with Gasteiger partial charge in [-0.05, 0) is 0 Å². The van der Waals surface area contributed by atoms with E-state index in [1.165, 1.54) is 51.8 Å². The molecule has 0 radical (unpaired) electrons. The molecule has 1 amide bonds. The van der Waals surface area contributed by atoms with Crippen molar-refractivity contribution in [3.63, 3.8) is 0 Å². The van der Waals surface area contributed by atoms with Crippen molar-refractivity contribution in [3.05, 3.63) is 24.3 Å². The molecule has 0 bridgehead atoms. The zero-order chi connectivity index (χ0) is 20.3. The Kier molecular flexibility index (Phi) is 10.8. The van der Waals surface area contributed by atoms with Crippen LogP contribution in [0.1, 0.15) is 80.1 Å². The van der Waals surface area contributed by atoms with Crippen LogP contribution in [0.3, 0.4) is 0 Å². The number of carbonyl (C=O) groups excluding carboxylic acids is 1. The van der Waals surface area contributed by atoms with Crippen molar-refractivity contribution in [2.45, 2.75) is 98.9 Å². The second-order valence-corrected chi connectivity index (χ2v) is 22.1. The molecule has 1 N–H and O–H groups in total. The number of nitrogens with one attached hydrogen (secondary N) is 1. The first-order valence-corrected chi connectivity index (χ1v) is 18.3. The van der Waals surface area contributed by atoms with Crippen molar-refractivity contribution < 1.29 is 9.53 Å². The zero-order valence-electron chi connectivity index (χ0n) is 18.5. The Morgan fingerprint density at radius 2 is 1.33 bits per heavy atom. The molecule has 0 saturated heterocycles. The van der Waals surface area contributed by atoms with Gasteiger partial charge in [-0.15, -0.1) is 0 Å². The second-order valence-electron chi connectivity index (χ2n) is 8.88. The zero-order valence-corrected chi connectivity index (χ0v) is 21.3. The van der Waals surface area contributed by atoms with E-state index in [0.29, 0.717) is 5.75 Å². The number of benzene rings is 1. The van der Waals surface area contributed by atoms with Crippen molar-refractivity contribution in [1.82, 2.24) is 5.32 Å². The Hall–Kier alpha value is -0.711. The minimum absolute atomic E-state index is 0.289. The van der Waals surface area contributed by atoms with Crippen molar-refractivity contribution in [2.75, 3.05) is 0 Å². The van der Waals surface area contributed by atoms with E-state index < -0.39 is 18.4 Å². The maximum atomic E-state index is 12.0. The summed E-state index contributed by atoms with van der Waals surface area (Å²) >= 11 is -2.39. The van der Waals surface area contributed by atoms with Crippen LogP contribution in [0.25, 0.3) is 0 Å². The van der Waals surface area contributed by atoms with E-state index in [1.807, 2.05) is 32.9 Å². The molecule has 0 aromatic heterocycles. The summed E-state index contributed by atoms with van der Waals surface area (Å²) < 4.78 is 11.5. The van der Waals surface area contributed by atoms with Gasteiger partial charge >= 0.3 is 172 Å². The molecule has 3 nitrogen and oxygen atoms in total. The summed E-state index contributed by atoms with van der Waals surface area (Å²) in [6.07, 6.45) is 7.54. The van der Waals surface area contributed by atoms with Crippen LogP contribution in [-0.4, -0.2) is 30.0 Å². The standard InChI is InChI=1S/C11H14NO2.3C4H9.Sn/c1-11(2,3)12-10(13)14-9-7-5-4-6-8-9;3*1-3-4-2;/h5-8H,1-3H3,(H,12,13);3*1,3-4H2,2H3;. The fourth-order valence-corrected chi connectivity index (χ4v) is 19.6. The fraction of sp³-hybridized carbons (Fsp3) is 0.696. The van der Waals surface area contributed by atoms with Gasteiger partial charge in [-0.2, -0.15) is 0 Å². The van der Waals surface area contributed by atoms with Crippen LogP contribution in [-0.2, 0) is 0 Å². The van der Waals surface area contributed by atoms with Crippen LogP contribution in [0.15, 0.2) is 24.3 Å². The van der Waals surface area contributed by atoms with Gasteiger partial charge in [0.2, 0.25) is 0 Å². The first-order valence-electron chi connectivity index (χ1n) is 10.9. The summed E-state index contributed by atoms with van der Waals surface area (Å²) in [5.74, 6) is 0.641. The number of unbranched alkanes of at least 4 members (excludes halogenated alkanes) is 3. The summed E-state index contributed by atoms with van der Waals surface area (Å²) in [5.41, 5.74) is -0.289. The van der Waals surface area contributed by atoms with Crippen LogP contribution in [0, 0.1) is 0 Å². The second kappa shape index (κ2) is 12.0. The number of hydrogen-bond acceptors (Lipinski definition) is 2. The normalized spacial score (nSPS) is 12.1. The molecule has 0 aliphatic rings. The van der Waals surface area contributed by atoms with E-state index in [1.54, 1.807) is 3.58 Å². The topological polar surface area (TPSA) is 38.3 Å². The molecule has 0 aliphatic heterocycles. The van der Waals surface area contributed by atoms with E-state index >= 15 is 0 Å². The molecular weight excluding hydrogens is 441 g/mol. The Morgan fingerprint density at radius 1 is 0.889 bits per heavy atom. The molecule has 1 rings (SSSR count). The van der Waals surface area contributed by atoms with Crippen LogP contribution in [0.2, 0.25) is 13.3 Å². The number of carbonyl (C=O) groups is 1. The monoisotopic (exact) mass is 483 g/mol. The number of hydrogen-bond donors (Lipinski definition) is 1. The van der Waals surface area contributed by atoms with Gasteiger partial charge in [0.1, 0.15) is 0 Å². The van der Waals surface area contributed by atoms with Gasteiger partial charge in [0.05, 0.1) is 0 Å². The molecule has 0 spiro atoms. The van der Waals surface area contributed by atoms with Crippen molar-refractivity contribution >= 4 is 28.0 Å². The van der Waals surface area contributed by atoms with Crippen LogP contribution >= 0.6 is 0 Å². The van der Waals surface area contributed by atoms with Gasteiger partial charge in [0.25, 0.3) is 0 Å². The molecule has 27 heavy (non-hydrogen) atoms. The number of rotatable bonds is 11. The van der Waals surface area contributed by atoms with Gasteiger partial charge in [-0.25, -0.2) is 0 Å². The Balaban J connectivity index is 2.98. The molecule has 0 fully saturated rings. The Labute approximate surface area is 171 Å². The van der Waals surface area contributed by atoms with E-state index in [2.05, 4.69) is 38.2 Å². The SMILES string of the molecule is CCC[CH2][Sn]([CH2]CCC)([CH2]CCC)[c]1ccc(OC(=O)NC(C)(C)C)cc1. The molecule has 4 heteroatoms. The third-order valence-corrected chi connectivity index (χ3v) is 20.9. The molecule has 0 heterocycles. The van der Waals surface area contributed by atoms with Crippen molar-refractivity contribution in [2.24, 2.45) is 0 Å². The molecule has 1 aromatic rings. The molecule has 0 unspecified atom stereocenters. The summed E-state index contributed by atoms with van der Waals surface area (Å²) in [6.45, 7) is 12.8. The summed E-state index contributed by atoms with van der Waals surface area (Å²) in [6, 6.07) is 8.56. The summed E-state index contributed by atoms with van der Waals surface area (Å²) in [4.78, 5) is 12.0. The third-order valence-electron chi connectivity index (χ3n) is 5.18.